The van der Waals surface area contributed by atoms with Crippen molar-refractivity contribution in [1.29, 1.82) is 0 Å². The second-order valence-electron chi connectivity index (χ2n) is 5.87. The van der Waals surface area contributed by atoms with Gasteiger partial charge in [-0.1, -0.05) is 29.8 Å². The first-order valence-electron chi connectivity index (χ1n) is 8.41. The highest BCUT2D eigenvalue weighted by Crippen LogP contribution is 2.16. The topological polar surface area (TPSA) is 49.3 Å². The molecular formula is C19H24ClFN4. The zero-order valence-electron chi connectivity index (χ0n) is 14.8. The minimum atomic E-state index is -0.191. The van der Waals surface area contributed by atoms with Crippen molar-refractivity contribution < 1.29 is 4.39 Å². The second-order valence-corrected chi connectivity index (χ2v) is 6.26. The first-order valence-corrected chi connectivity index (χ1v) is 8.78. The summed E-state index contributed by atoms with van der Waals surface area (Å²) in [6.45, 7) is 7.13. The van der Waals surface area contributed by atoms with E-state index in [9.17, 15) is 4.39 Å². The minimum absolute atomic E-state index is 0.0508. The summed E-state index contributed by atoms with van der Waals surface area (Å²) in [5.74, 6) is 0.515. The van der Waals surface area contributed by atoms with Crippen molar-refractivity contribution in [2.75, 3.05) is 13.1 Å². The Morgan fingerprint density at radius 2 is 2.12 bits per heavy atom. The Morgan fingerprint density at radius 1 is 1.32 bits per heavy atom. The molecule has 1 unspecified atom stereocenters. The van der Waals surface area contributed by atoms with Crippen LogP contribution in [0.15, 0.2) is 41.5 Å². The second kappa shape index (κ2) is 9.37. The number of aromatic nitrogens is 1. The maximum atomic E-state index is 13.8. The lowest BCUT2D eigenvalue weighted by atomic mass is 10.1. The quantitative estimate of drug-likeness (QED) is 0.463. The van der Waals surface area contributed by atoms with Crippen LogP contribution in [-0.4, -0.2) is 24.0 Å². The number of hydrogen-bond acceptors (Lipinski definition) is 2. The third kappa shape index (κ3) is 6.02. The number of hydrogen-bond donors (Lipinski definition) is 2. The summed E-state index contributed by atoms with van der Waals surface area (Å²) in [5.41, 5.74) is 2.61. The number of benzene rings is 1. The number of aliphatic imine (C=N–C) groups is 1. The third-order valence-electron chi connectivity index (χ3n) is 3.85. The standard InChI is InChI=1S/C19H24ClFN4/c1-4-22-19(23-10-9-15-6-8-18(20)24-12-15)25-14(3)16-7-5-13(2)17(21)11-16/h5-8,11-12,14H,4,9-10H2,1-3H3,(H2,22,23,25). The molecule has 0 saturated carbocycles. The summed E-state index contributed by atoms with van der Waals surface area (Å²) in [6, 6.07) is 8.96. The Morgan fingerprint density at radius 3 is 2.76 bits per heavy atom. The van der Waals surface area contributed by atoms with Gasteiger partial charge in [-0.2, -0.15) is 0 Å². The van der Waals surface area contributed by atoms with Crippen LogP contribution >= 0.6 is 11.6 Å². The fourth-order valence-corrected chi connectivity index (χ4v) is 2.45. The first-order chi connectivity index (χ1) is 12.0. The van der Waals surface area contributed by atoms with Gasteiger partial charge in [-0.3, -0.25) is 4.99 Å². The number of nitrogens with one attached hydrogen (secondary N) is 2. The average molecular weight is 363 g/mol. The molecule has 1 heterocycles. The summed E-state index contributed by atoms with van der Waals surface area (Å²) in [4.78, 5) is 8.64. The van der Waals surface area contributed by atoms with Crippen LogP contribution in [0.2, 0.25) is 5.15 Å². The highest BCUT2D eigenvalue weighted by Gasteiger charge is 2.09. The van der Waals surface area contributed by atoms with Gasteiger partial charge in [0.2, 0.25) is 0 Å². The van der Waals surface area contributed by atoms with E-state index in [4.69, 9.17) is 11.6 Å². The molecule has 4 nitrogen and oxygen atoms in total. The maximum Gasteiger partial charge on any atom is 0.191 e. The molecule has 0 saturated heterocycles. The highest BCUT2D eigenvalue weighted by atomic mass is 35.5. The molecule has 2 aromatic rings. The van der Waals surface area contributed by atoms with Crippen LogP contribution in [0.25, 0.3) is 0 Å². The molecule has 0 radical (unpaired) electrons. The molecule has 2 N–H and O–H groups in total. The third-order valence-corrected chi connectivity index (χ3v) is 4.08. The number of guanidine groups is 1. The molecule has 0 aliphatic rings. The molecule has 0 spiro atoms. The predicted octanol–water partition coefficient (Wildman–Crippen LogP) is 4.04. The fourth-order valence-electron chi connectivity index (χ4n) is 2.34. The monoisotopic (exact) mass is 362 g/mol. The molecular weight excluding hydrogens is 339 g/mol. The molecule has 6 heteroatoms. The van der Waals surface area contributed by atoms with Crippen LogP contribution in [-0.2, 0) is 6.42 Å². The molecule has 0 bridgehead atoms. The van der Waals surface area contributed by atoms with Crippen LogP contribution in [0.4, 0.5) is 4.39 Å². The molecule has 2 rings (SSSR count). The smallest absolute Gasteiger partial charge is 0.191 e. The van der Waals surface area contributed by atoms with Gasteiger partial charge in [0, 0.05) is 19.3 Å². The Hall–Kier alpha value is -2.14. The van der Waals surface area contributed by atoms with Crippen molar-refractivity contribution in [2.45, 2.75) is 33.2 Å². The number of nitrogens with zero attached hydrogens (tertiary/aromatic N) is 2. The van der Waals surface area contributed by atoms with E-state index in [-0.39, 0.29) is 11.9 Å². The number of halogens is 2. The summed E-state index contributed by atoms with van der Waals surface area (Å²) >= 11 is 5.79. The molecule has 134 valence electrons. The Labute approximate surface area is 153 Å². The van der Waals surface area contributed by atoms with Gasteiger partial charge in [0.25, 0.3) is 0 Å². The Bertz CT molecular complexity index is 716. The van der Waals surface area contributed by atoms with Crippen LogP contribution < -0.4 is 10.6 Å². The van der Waals surface area contributed by atoms with Gasteiger partial charge >= 0.3 is 0 Å². The van der Waals surface area contributed by atoms with Crippen LogP contribution in [0.3, 0.4) is 0 Å². The van der Waals surface area contributed by atoms with Gasteiger partial charge in [0.15, 0.2) is 5.96 Å². The summed E-state index contributed by atoms with van der Waals surface area (Å²) in [5, 5.41) is 7.01. The predicted molar refractivity (Wildman–Crippen MR) is 102 cm³/mol. The van der Waals surface area contributed by atoms with E-state index in [1.807, 2.05) is 26.0 Å². The van der Waals surface area contributed by atoms with E-state index >= 15 is 0 Å². The van der Waals surface area contributed by atoms with Gasteiger partial charge in [0.1, 0.15) is 11.0 Å². The van der Waals surface area contributed by atoms with Gasteiger partial charge in [-0.25, -0.2) is 9.37 Å². The number of pyridine rings is 1. The van der Waals surface area contributed by atoms with Gasteiger partial charge in [0.05, 0.1) is 6.04 Å². The van der Waals surface area contributed by atoms with Crippen molar-refractivity contribution in [2.24, 2.45) is 4.99 Å². The lowest BCUT2D eigenvalue weighted by molar-refractivity contribution is 0.607. The van der Waals surface area contributed by atoms with E-state index < -0.39 is 0 Å². The minimum Gasteiger partial charge on any atom is -0.357 e. The van der Waals surface area contributed by atoms with Crippen molar-refractivity contribution >= 4 is 17.6 Å². The van der Waals surface area contributed by atoms with E-state index in [1.54, 1.807) is 31.3 Å². The van der Waals surface area contributed by atoms with Gasteiger partial charge in [-0.05, 0) is 56.0 Å². The van der Waals surface area contributed by atoms with E-state index in [0.717, 1.165) is 24.1 Å². The molecule has 25 heavy (non-hydrogen) atoms. The highest BCUT2D eigenvalue weighted by molar-refractivity contribution is 6.29. The van der Waals surface area contributed by atoms with Gasteiger partial charge < -0.3 is 10.6 Å². The Balaban J connectivity index is 1.98. The lowest BCUT2D eigenvalue weighted by Gasteiger charge is -2.18. The van der Waals surface area contributed by atoms with Crippen molar-refractivity contribution in [3.8, 4) is 0 Å². The van der Waals surface area contributed by atoms with Crippen molar-refractivity contribution in [1.82, 2.24) is 15.6 Å². The summed E-state index contributed by atoms with van der Waals surface area (Å²) < 4.78 is 13.8. The molecule has 1 aromatic heterocycles. The zero-order valence-corrected chi connectivity index (χ0v) is 15.6. The lowest BCUT2D eigenvalue weighted by Crippen LogP contribution is -2.38. The molecule has 1 aromatic carbocycles. The summed E-state index contributed by atoms with van der Waals surface area (Å²) in [6.07, 6.45) is 2.53. The first kappa shape index (κ1) is 19.2. The average Bonchev–Trinajstić information content (AvgIpc) is 2.59. The molecule has 0 aliphatic carbocycles. The van der Waals surface area contributed by atoms with E-state index in [2.05, 4.69) is 20.6 Å². The number of rotatable bonds is 6. The fraction of sp³-hybridized carbons (Fsp3) is 0.368. The van der Waals surface area contributed by atoms with E-state index in [1.165, 1.54) is 0 Å². The number of aryl methyl sites for hydroxylation is 1. The summed E-state index contributed by atoms with van der Waals surface area (Å²) in [7, 11) is 0. The molecule has 0 aliphatic heterocycles. The van der Waals surface area contributed by atoms with Crippen molar-refractivity contribution in [3.63, 3.8) is 0 Å². The van der Waals surface area contributed by atoms with Crippen LogP contribution in [0.5, 0.6) is 0 Å². The van der Waals surface area contributed by atoms with E-state index in [0.29, 0.717) is 23.2 Å². The molecule has 1 atom stereocenters. The molecule has 0 amide bonds. The van der Waals surface area contributed by atoms with Crippen molar-refractivity contribution in [3.05, 3.63) is 64.2 Å². The largest absolute Gasteiger partial charge is 0.357 e. The zero-order chi connectivity index (χ0) is 18.2. The SMILES string of the molecule is CCNC(=NCCc1ccc(Cl)nc1)NC(C)c1ccc(C)c(F)c1. The van der Waals surface area contributed by atoms with Crippen LogP contribution in [0, 0.1) is 12.7 Å². The normalized spacial score (nSPS) is 12.8. The molecule has 0 fully saturated rings. The van der Waals surface area contributed by atoms with Gasteiger partial charge in [-0.15, -0.1) is 0 Å². The van der Waals surface area contributed by atoms with Crippen LogP contribution in [0.1, 0.15) is 36.6 Å². The maximum absolute atomic E-state index is 13.8. The Kier molecular flexibility index (Phi) is 7.19.